The standard InChI is InChI=1S/C17H16FN5/c1-22-8-14(7-21-22)13-5-15(18)17(20-6-13)11-23-9-12-3-2-4-19-16(12)10-23/h2-8H,9-11H2,1H3. The van der Waals surface area contributed by atoms with E-state index in [1.807, 2.05) is 19.3 Å². The number of rotatable bonds is 3. The molecule has 1 aliphatic heterocycles. The Morgan fingerprint density at radius 1 is 1.17 bits per heavy atom. The Balaban J connectivity index is 1.52. The van der Waals surface area contributed by atoms with Gasteiger partial charge in [-0.2, -0.15) is 5.10 Å². The maximum Gasteiger partial charge on any atom is 0.146 e. The molecule has 0 amide bonds. The van der Waals surface area contributed by atoms with Gasteiger partial charge in [-0.1, -0.05) is 6.07 Å². The van der Waals surface area contributed by atoms with Crippen LogP contribution in [0.2, 0.25) is 0 Å². The summed E-state index contributed by atoms with van der Waals surface area (Å²) in [5, 5.41) is 4.10. The van der Waals surface area contributed by atoms with Crippen LogP contribution in [0.5, 0.6) is 0 Å². The zero-order valence-electron chi connectivity index (χ0n) is 12.8. The van der Waals surface area contributed by atoms with Crippen molar-refractivity contribution in [1.29, 1.82) is 0 Å². The maximum atomic E-state index is 14.4. The third kappa shape index (κ3) is 2.73. The molecule has 0 aliphatic carbocycles. The molecule has 3 aromatic heterocycles. The summed E-state index contributed by atoms with van der Waals surface area (Å²) in [6.07, 6.45) is 7.05. The van der Waals surface area contributed by atoms with E-state index in [1.54, 1.807) is 23.3 Å². The van der Waals surface area contributed by atoms with Crippen LogP contribution in [0.4, 0.5) is 4.39 Å². The molecule has 0 atom stereocenters. The van der Waals surface area contributed by atoms with Gasteiger partial charge in [-0.3, -0.25) is 19.5 Å². The van der Waals surface area contributed by atoms with Crippen LogP contribution in [-0.4, -0.2) is 24.6 Å². The molecule has 4 heterocycles. The summed E-state index contributed by atoms with van der Waals surface area (Å²) in [4.78, 5) is 10.8. The van der Waals surface area contributed by atoms with E-state index in [-0.39, 0.29) is 5.82 Å². The number of aromatic nitrogens is 4. The van der Waals surface area contributed by atoms with E-state index in [0.717, 1.165) is 29.9 Å². The van der Waals surface area contributed by atoms with Crippen molar-refractivity contribution >= 4 is 0 Å². The molecular weight excluding hydrogens is 293 g/mol. The van der Waals surface area contributed by atoms with Crippen molar-refractivity contribution in [1.82, 2.24) is 24.6 Å². The zero-order valence-corrected chi connectivity index (χ0v) is 12.8. The van der Waals surface area contributed by atoms with Gasteiger partial charge in [-0.25, -0.2) is 4.39 Å². The van der Waals surface area contributed by atoms with Gasteiger partial charge >= 0.3 is 0 Å². The SMILES string of the molecule is Cn1cc(-c2cnc(CN3Cc4cccnc4C3)c(F)c2)cn1. The third-order valence-corrected chi connectivity index (χ3v) is 4.08. The lowest BCUT2D eigenvalue weighted by atomic mass is 10.1. The molecule has 0 spiro atoms. The molecular formula is C17H16FN5. The smallest absolute Gasteiger partial charge is 0.146 e. The first kappa shape index (κ1) is 14.0. The summed E-state index contributed by atoms with van der Waals surface area (Å²) in [5.74, 6) is -0.282. The van der Waals surface area contributed by atoms with Crippen molar-refractivity contribution in [3.05, 3.63) is 65.8 Å². The van der Waals surface area contributed by atoms with Crippen molar-refractivity contribution in [2.24, 2.45) is 7.05 Å². The molecule has 0 unspecified atom stereocenters. The van der Waals surface area contributed by atoms with E-state index in [1.165, 1.54) is 11.6 Å². The minimum Gasteiger partial charge on any atom is -0.287 e. The summed E-state index contributed by atoms with van der Waals surface area (Å²) in [6, 6.07) is 5.53. The van der Waals surface area contributed by atoms with E-state index in [2.05, 4.69) is 26.0 Å². The van der Waals surface area contributed by atoms with Crippen LogP contribution in [0.3, 0.4) is 0 Å². The van der Waals surface area contributed by atoms with Crippen LogP contribution in [0.1, 0.15) is 17.0 Å². The Morgan fingerprint density at radius 3 is 2.83 bits per heavy atom. The topological polar surface area (TPSA) is 46.8 Å². The quantitative estimate of drug-likeness (QED) is 0.746. The fourth-order valence-corrected chi connectivity index (χ4v) is 2.90. The van der Waals surface area contributed by atoms with E-state index in [4.69, 9.17) is 0 Å². The Hall–Kier alpha value is -2.60. The molecule has 1 aliphatic rings. The summed E-state index contributed by atoms with van der Waals surface area (Å²) in [7, 11) is 1.83. The second kappa shape index (κ2) is 5.55. The molecule has 0 saturated carbocycles. The van der Waals surface area contributed by atoms with Gasteiger partial charge in [-0.15, -0.1) is 0 Å². The first-order valence-corrected chi connectivity index (χ1v) is 7.47. The van der Waals surface area contributed by atoms with Gasteiger partial charge < -0.3 is 0 Å². The highest BCUT2D eigenvalue weighted by Crippen LogP contribution is 2.24. The molecule has 3 aromatic rings. The van der Waals surface area contributed by atoms with Crippen molar-refractivity contribution in [2.75, 3.05) is 0 Å². The molecule has 4 rings (SSSR count). The van der Waals surface area contributed by atoms with Crippen molar-refractivity contribution in [2.45, 2.75) is 19.6 Å². The lowest BCUT2D eigenvalue weighted by Gasteiger charge is -2.14. The van der Waals surface area contributed by atoms with Gasteiger partial charge in [0.1, 0.15) is 5.82 Å². The highest BCUT2D eigenvalue weighted by atomic mass is 19.1. The van der Waals surface area contributed by atoms with Crippen molar-refractivity contribution < 1.29 is 4.39 Å². The molecule has 116 valence electrons. The number of hydrogen-bond donors (Lipinski definition) is 0. The van der Waals surface area contributed by atoms with Crippen molar-refractivity contribution in [3.8, 4) is 11.1 Å². The van der Waals surface area contributed by atoms with Crippen LogP contribution >= 0.6 is 0 Å². The fraction of sp³-hybridized carbons (Fsp3) is 0.235. The molecule has 0 bridgehead atoms. The third-order valence-electron chi connectivity index (χ3n) is 4.08. The second-order valence-electron chi connectivity index (χ2n) is 5.81. The van der Waals surface area contributed by atoms with E-state index in [9.17, 15) is 4.39 Å². The van der Waals surface area contributed by atoms with Gasteiger partial charge in [0.25, 0.3) is 0 Å². The highest BCUT2D eigenvalue weighted by molar-refractivity contribution is 5.60. The van der Waals surface area contributed by atoms with Gasteiger partial charge in [0, 0.05) is 56.4 Å². The molecule has 0 fully saturated rings. The molecule has 23 heavy (non-hydrogen) atoms. The number of hydrogen-bond acceptors (Lipinski definition) is 4. The summed E-state index contributed by atoms with van der Waals surface area (Å²) >= 11 is 0. The summed E-state index contributed by atoms with van der Waals surface area (Å²) in [6.45, 7) is 2.01. The predicted molar refractivity (Wildman–Crippen MR) is 83.6 cm³/mol. The largest absolute Gasteiger partial charge is 0.287 e. The minimum absolute atomic E-state index is 0.282. The van der Waals surface area contributed by atoms with Crippen LogP contribution in [0.25, 0.3) is 11.1 Å². The van der Waals surface area contributed by atoms with E-state index in [0.29, 0.717) is 12.2 Å². The van der Waals surface area contributed by atoms with Crippen LogP contribution in [0.15, 0.2) is 43.0 Å². The lowest BCUT2D eigenvalue weighted by Crippen LogP contribution is -2.17. The molecule has 0 radical (unpaired) electrons. The molecule has 0 saturated heterocycles. The number of nitrogens with zero attached hydrogens (tertiary/aromatic N) is 5. The predicted octanol–water partition coefficient (Wildman–Crippen LogP) is 2.53. The molecule has 5 nitrogen and oxygen atoms in total. The van der Waals surface area contributed by atoms with Gasteiger partial charge in [-0.05, 0) is 17.7 Å². The Morgan fingerprint density at radius 2 is 2.09 bits per heavy atom. The van der Waals surface area contributed by atoms with E-state index < -0.39 is 0 Å². The first-order chi connectivity index (χ1) is 11.2. The number of aryl methyl sites for hydroxylation is 1. The van der Waals surface area contributed by atoms with Gasteiger partial charge in [0.05, 0.1) is 17.6 Å². The Kier molecular flexibility index (Phi) is 3.38. The van der Waals surface area contributed by atoms with Crippen molar-refractivity contribution in [3.63, 3.8) is 0 Å². The molecule has 0 aromatic carbocycles. The molecule has 0 N–H and O–H groups in total. The average molecular weight is 309 g/mol. The van der Waals surface area contributed by atoms with Crippen LogP contribution in [0, 0.1) is 5.82 Å². The summed E-state index contributed by atoms with van der Waals surface area (Å²) in [5.41, 5.74) is 4.35. The second-order valence-corrected chi connectivity index (χ2v) is 5.81. The van der Waals surface area contributed by atoms with Crippen LogP contribution < -0.4 is 0 Å². The fourth-order valence-electron chi connectivity index (χ4n) is 2.90. The normalized spacial score (nSPS) is 14.2. The number of pyridine rings is 2. The minimum atomic E-state index is -0.282. The van der Waals surface area contributed by atoms with Gasteiger partial charge in [0.2, 0.25) is 0 Å². The highest BCUT2D eigenvalue weighted by Gasteiger charge is 2.21. The zero-order chi connectivity index (χ0) is 15.8. The Labute approximate surface area is 133 Å². The lowest BCUT2D eigenvalue weighted by molar-refractivity contribution is 0.266. The summed E-state index contributed by atoms with van der Waals surface area (Å²) < 4.78 is 16.1. The maximum absolute atomic E-state index is 14.4. The average Bonchev–Trinajstić information content (AvgIpc) is 3.15. The first-order valence-electron chi connectivity index (χ1n) is 7.47. The number of fused-ring (bicyclic) bond motifs is 1. The number of halogens is 1. The van der Waals surface area contributed by atoms with Crippen LogP contribution in [-0.2, 0) is 26.7 Å². The monoisotopic (exact) mass is 309 g/mol. The Bertz CT molecular complexity index is 833. The van der Waals surface area contributed by atoms with Gasteiger partial charge in [0.15, 0.2) is 0 Å². The molecule has 6 heteroatoms. The van der Waals surface area contributed by atoms with E-state index >= 15 is 0 Å².